The van der Waals surface area contributed by atoms with Gasteiger partial charge in [-0.25, -0.2) is 9.97 Å². The van der Waals surface area contributed by atoms with Crippen LogP contribution >= 0.6 is 0 Å². The summed E-state index contributed by atoms with van der Waals surface area (Å²) in [7, 11) is 1.54. The van der Waals surface area contributed by atoms with E-state index in [1.165, 1.54) is 7.11 Å². The highest BCUT2D eigenvalue weighted by atomic mass is 16.5. The number of carbonyl (C=O) groups is 4. The number of imidazole rings is 2. The van der Waals surface area contributed by atoms with E-state index in [4.69, 9.17) is 21.2 Å². The number of aromatic nitrogens is 8. The van der Waals surface area contributed by atoms with Gasteiger partial charge in [-0.05, 0) is 70.2 Å². The van der Waals surface area contributed by atoms with Crippen LogP contribution < -0.4 is 22.1 Å². The third-order valence-electron chi connectivity index (χ3n) is 8.60. The predicted molar refractivity (Wildman–Crippen MR) is 198 cm³/mol. The Morgan fingerprint density at radius 2 is 1.26 bits per heavy atom. The minimum atomic E-state index is -0.626. The molecule has 2 aromatic carbocycles. The Morgan fingerprint density at radius 3 is 1.81 bits per heavy atom. The Labute approximate surface area is 303 Å². The van der Waals surface area contributed by atoms with Crippen molar-refractivity contribution in [3.8, 4) is 0 Å². The minimum absolute atomic E-state index is 0.149. The Balaban J connectivity index is 1.37. The standard InChI is InChI=1S/C36H40N12O5/c1-6-47-28(14-20(3)43-47)33(51)41-35-39-25-17-22(31(37)49)10-11-27(25)45(35)12-8-9-13-46-30-24(19-53-5)16-23(32(38)50)18-26(30)40-36(46)42-34(52)29-15-21(4)44-48(29)7-2/h8-11,14-18H,6-7,12-13,19H2,1-5H3,(H2,37,49)(H2,38,50)(H,39,41,51)(H,40,42,52)/b9-8+. The summed E-state index contributed by atoms with van der Waals surface area (Å²) in [6, 6.07) is 11.5. The zero-order valence-corrected chi connectivity index (χ0v) is 30.0. The lowest BCUT2D eigenvalue weighted by atomic mass is 10.1. The van der Waals surface area contributed by atoms with Gasteiger partial charge in [-0.1, -0.05) is 12.2 Å². The predicted octanol–water partition coefficient (Wildman–Crippen LogP) is 3.54. The monoisotopic (exact) mass is 720 g/mol. The van der Waals surface area contributed by atoms with Crippen LogP contribution in [-0.4, -0.2) is 69.4 Å². The van der Waals surface area contributed by atoms with Crippen LogP contribution in [0.2, 0.25) is 0 Å². The number of fused-ring (bicyclic) bond motifs is 2. The molecule has 53 heavy (non-hydrogen) atoms. The number of allylic oxidation sites excluding steroid dienone is 2. The number of primary amides is 2. The third kappa shape index (κ3) is 7.27. The van der Waals surface area contributed by atoms with Crippen molar-refractivity contribution in [2.45, 2.75) is 60.5 Å². The summed E-state index contributed by atoms with van der Waals surface area (Å²) < 4.78 is 12.3. The summed E-state index contributed by atoms with van der Waals surface area (Å²) in [5.41, 5.74) is 16.7. The van der Waals surface area contributed by atoms with Crippen molar-refractivity contribution in [2.24, 2.45) is 11.5 Å². The van der Waals surface area contributed by atoms with E-state index < -0.39 is 23.6 Å². The molecule has 6 N–H and O–H groups in total. The van der Waals surface area contributed by atoms with Gasteiger partial charge in [-0.15, -0.1) is 0 Å². The van der Waals surface area contributed by atoms with Gasteiger partial charge in [-0.3, -0.25) is 39.2 Å². The number of hydrogen-bond acceptors (Lipinski definition) is 9. The van der Waals surface area contributed by atoms with Gasteiger partial charge in [0.15, 0.2) is 0 Å². The second-order valence-electron chi connectivity index (χ2n) is 12.3. The molecule has 0 unspecified atom stereocenters. The second-order valence-corrected chi connectivity index (χ2v) is 12.3. The Kier molecular flexibility index (Phi) is 10.2. The molecule has 274 valence electrons. The molecule has 0 aliphatic rings. The summed E-state index contributed by atoms with van der Waals surface area (Å²) in [6.07, 6.45) is 3.75. The molecule has 0 fully saturated rings. The largest absolute Gasteiger partial charge is 0.380 e. The summed E-state index contributed by atoms with van der Waals surface area (Å²) in [4.78, 5) is 60.5. The average molecular weight is 721 g/mol. The van der Waals surface area contributed by atoms with E-state index in [1.807, 2.05) is 44.4 Å². The van der Waals surface area contributed by atoms with E-state index in [1.54, 1.807) is 56.4 Å². The van der Waals surface area contributed by atoms with Gasteiger partial charge < -0.3 is 25.3 Å². The minimum Gasteiger partial charge on any atom is -0.380 e. The fraction of sp³-hybridized carbons (Fsp3) is 0.278. The van der Waals surface area contributed by atoms with Gasteiger partial charge in [0, 0.05) is 50.0 Å². The second kappa shape index (κ2) is 14.9. The first-order valence-corrected chi connectivity index (χ1v) is 16.9. The summed E-state index contributed by atoms with van der Waals surface area (Å²) in [5, 5.41) is 14.6. The topological polar surface area (TPSA) is 225 Å². The number of nitrogens with one attached hydrogen (secondary N) is 2. The number of ether oxygens (including phenoxy) is 1. The molecule has 0 atom stereocenters. The lowest BCUT2D eigenvalue weighted by Crippen LogP contribution is -2.20. The molecule has 0 spiro atoms. The van der Waals surface area contributed by atoms with Crippen LogP contribution in [0.4, 0.5) is 11.9 Å². The molecule has 6 rings (SSSR count). The van der Waals surface area contributed by atoms with E-state index in [0.29, 0.717) is 63.5 Å². The third-order valence-corrected chi connectivity index (χ3v) is 8.60. The first-order chi connectivity index (χ1) is 25.4. The maximum Gasteiger partial charge on any atom is 0.276 e. The Bertz CT molecular complexity index is 2430. The number of nitrogens with zero attached hydrogens (tertiary/aromatic N) is 8. The van der Waals surface area contributed by atoms with Crippen LogP contribution in [0.5, 0.6) is 0 Å². The van der Waals surface area contributed by atoms with Crippen molar-refractivity contribution in [3.05, 3.63) is 94.1 Å². The van der Waals surface area contributed by atoms with Gasteiger partial charge in [0.05, 0.1) is 40.1 Å². The van der Waals surface area contributed by atoms with Crippen LogP contribution in [0.15, 0.2) is 54.6 Å². The molecule has 0 radical (unpaired) electrons. The van der Waals surface area contributed by atoms with Crippen molar-refractivity contribution in [1.29, 1.82) is 0 Å². The van der Waals surface area contributed by atoms with Crippen molar-refractivity contribution in [3.63, 3.8) is 0 Å². The summed E-state index contributed by atoms with van der Waals surface area (Å²) in [6.45, 7) is 9.04. The number of benzene rings is 2. The molecule has 0 aliphatic carbocycles. The number of anilines is 2. The number of carbonyl (C=O) groups excluding carboxylic acids is 4. The normalized spacial score (nSPS) is 11.6. The van der Waals surface area contributed by atoms with E-state index in [2.05, 4.69) is 25.8 Å². The maximum absolute atomic E-state index is 13.5. The zero-order chi connectivity index (χ0) is 38.0. The SMILES string of the molecule is CCn1nc(C)cc1C(=O)Nc1nc2cc(C(N)=O)ccc2n1C/C=C/Cn1c(NC(=O)c2cc(C)nn2CC)nc2cc(C(N)=O)cc(COC)c21. The number of hydrogen-bond donors (Lipinski definition) is 4. The van der Waals surface area contributed by atoms with E-state index in [0.717, 1.165) is 0 Å². The van der Waals surface area contributed by atoms with Crippen molar-refractivity contribution >= 4 is 57.6 Å². The molecule has 17 heteroatoms. The number of amides is 4. The average Bonchev–Trinajstić information content (AvgIpc) is 3.88. The van der Waals surface area contributed by atoms with Crippen LogP contribution in [-0.2, 0) is 37.5 Å². The number of aryl methyl sites for hydroxylation is 4. The highest BCUT2D eigenvalue weighted by Crippen LogP contribution is 2.27. The molecule has 4 amide bonds. The van der Waals surface area contributed by atoms with Crippen LogP contribution in [0, 0.1) is 13.8 Å². The lowest BCUT2D eigenvalue weighted by Gasteiger charge is -2.12. The van der Waals surface area contributed by atoms with Gasteiger partial charge in [0.1, 0.15) is 11.4 Å². The molecule has 0 saturated heterocycles. The number of methoxy groups -OCH3 is 1. The first-order valence-electron chi connectivity index (χ1n) is 16.9. The van der Waals surface area contributed by atoms with E-state index >= 15 is 0 Å². The van der Waals surface area contributed by atoms with E-state index in [-0.39, 0.29) is 42.7 Å². The summed E-state index contributed by atoms with van der Waals surface area (Å²) in [5.74, 6) is -1.54. The lowest BCUT2D eigenvalue weighted by molar-refractivity contribution is 0.0992. The Hall–Kier alpha value is -6.62. The molecular formula is C36H40N12O5. The quantitative estimate of drug-likeness (QED) is 0.121. The number of nitrogens with two attached hydrogens (primary N) is 2. The highest BCUT2D eigenvalue weighted by Gasteiger charge is 2.22. The summed E-state index contributed by atoms with van der Waals surface area (Å²) >= 11 is 0. The molecule has 6 aromatic rings. The Morgan fingerprint density at radius 1 is 0.736 bits per heavy atom. The molecular weight excluding hydrogens is 680 g/mol. The van der Waals surface area contributed by atoms with Gasteiger partial charge >= 0.3 is 0 Å². The van der Waals surface area contributed by atoms with Gasteiger partial charge in [0.25, 0.3) is 11.8 Å². The fourth-order valence-electron chi connectivity index (χ4n) is 6.23. The first kappa shape index (κ1) is 36.2. The zero-order valence-electron chi connectivity index (χ0n) is 30.0. The number of rotatable bonds is 14. The molecule has 0 aliphatic heterocycles. The van der Waals surface area contributed by atoms with E-state index in [9.17, 15) is 19.2 Å². The van der Waals surface area contributed by atoms with Crippen LogP contribution in [0.3, 0.4) is 0 Å². The van der Waals surface area contributed by atoms with Gasteiger partial charge in [-0.2, -0.15) is 10.2 Å². The molecule has 0 saturated carbocycles. The molecule has 4 aromatic heterocycles. The molecule has 17 nitrogen and oxygen atoms in total. The fourth-order valence-corrected chi connectivity index (χ4v) is 6.23. The van der Waals surface area contributed by atoms with Crippen LogP contribution in [0.25, 0.3) is 22.1 Å². The van der Waals surface area contributed by atoms with Crippen molar-refractivity contribution in [1.82, 2.24) is 38.7 Å². The highest BCUT2D eigenvalue weighted by molar-refractivity contribution is 6.05. The molecule has 4 heterocycles. The maximum atomic E-state index is 13.5. The van der Waals surface area contributed by atoms with Gasteiger partial charge in [0.2, 0.25) is 23.7 Å². The molecule has 0 bridgehead atoms. The smallest absolute Gasteiger partial charge is 0.276 e. The van der Waals surface area contributed by atoms with Crippen molar-refractivity contribution < 1.29 is 23.9 Å². The van der Waals surface area contributed by atoms with Crippen molar-refractivity contribution in [2.75, 3.05) is 17.7 Å². The van der Waals surface area contributed by atoms with Crippen LogP contribution in [0.1, 0.15) is 72.5 Å².